The van der Waals surface area contributed by atoms with E-state index in [-0.39, 0.29) is 0 Å². The molecule has 0 spiro atoms. The SMILES string of the molecule is CC(C)(C)OC(=O)NCCCCC(N)C(=O)O. The van der Waals surface area contributed by atoms with Gasteiger partial charge in [0, 0.05) is 6.54 Å². The Kier molecular flexibility index (Phi) is 6.57. The highest BCUT2D eigenvalue weighted by Crippen LogP contribution is 2.06. The minimum atomic E-state index is -0.995. The summed E-state index contributed by atoms with van der Waals surface area (Å²) in [4.78, 5) is 21.6. The van der Waals surface area contributed by atoms with Crippen LogP contribution in [0.15, 0.2) is 0 Å². The van der Waals surface area contributed by atoms with Crippen molar-refractivity contribution in [1.82, 2.24) is 5.32 Å². The number of amides is 1. The summed E-state index contributed by atoms with van der Waals surface area (Å²) in [5.74, 6) is -0.995. The molecule has 1 unspecified atom stereocenters. The Morgan fingerprint density at radius 2 is 1.94 bits per heavy atom. The van der Waals surface area contributed by atoms with Crippen LogP contribution in [0, 0.1) is 0 Å². The molecule has 0 aliphatic heterocycles. The maximum Gasteiger partial charge on any atom is 0.407 e. The predicted molar refractivity (Wildman–Crippen MR) is 63.7 cm³/mol. The molecule has 0 aromatic rings. The van der Waals surface area contributed by atoms with Crippen molar-refractivity contribution >= 4 is 12.1 Å². The number of ether oxygens (including phenoxy) is 1. The second kappa shape index (κ2) is 7.11. The standard InChI is InChI=1S/C11H22N2O4/c1-11(2,3)17-10(16)13-7-5-4-6-8(12)9(14)15/h8H,4-7,12H2,1-3H3,(H,13,16)(H,14,15). The van der Waals surface area contributed by atoms with Crippen LogP contribution >= 0.6 is 0 Å². The van der Waals surface area contributed by atoms with E-state index in [1.165, 1.54) is 0 Å². The number of aliphatic carboxylic acids is 1. The fourth-order valence-electron chi connectivity index (χ4n) is 1.12. The third-order valence-corrected chi connectivity index (χ3v) is 1.93. The summed E-state index contributed by atoms with van der Waals surface area (Å²) < 4.78 is 5.03. The molecule has 1 atom stereocenters. The van der Waals surface area contributed by atoms with E-state index in [1.54, 1.807) is 20.8 Å². The minimum Gasteiger partial charge on any atom is -0.480 e. The van der Waals surface area contributed by atoms with Crippen LogP contribution in [-0.2, 0) is 9.53 Å². The number of nitrogens with two attached hydrogens (primary N) is 1. The van der Waals surface area contributed by atoms with E-state index in [2.05, 4.69) is 5.32 Å². The Hall–Kier alpha value is -1.30. The monoisotopic (exact) mass is 246 g/mol. The average molecular weight is 246 g/mol. The zero-order chi connectivity index (χ0) is 13.5. The predicted octanol–water partition coefficient (Wildman–Crippen LogP) is 1.09. The van der Waals surface area contributed by atoms with Crippen LogP contribution < -0.4 is 11.1 Å². The van der Waals surface area contributed by atoms with Crippen molar-refractivity contribution in [2.45, 2.75) is 51.7 Å². The summed E-state index contributed by atoms with van der Waals surface area (Å²) in [7, 11) is 0. The van der Waals surface area contributed by atoms with Crippen LogP contribution in [0.2, 0.25) is 0 Å². The summed E-state index contributed by atoms with van der Waals surface area (Å²) in [6.07, 6.45) is 1.29. The van der Waals surface area contributed by atoms with E-state index < -0.39 is 23.7 Å². The van der Waals surface area contributed by atoms with Gasteiger partial charge in [0.25, 0.3) is 0 Å². The van der Waals surface area contributed by atoms with Gasteiger partial charge >= 0.3 is 12.1 Å². The number of alkyl carbamates (subject to hydrolysis) is 1. The molecule has 0 saturated heterocycles. The van der Waals surface area contributed by atoms with E-state index >= 15 is 0 Å². The third kappa shape index (κ3) is 9.62. The quantitative estimate of drug-likeness (QED) is 0.609. The van der Waals surface area contributed by atoms with Gasteiger partial charge in [-0.15, -0.1) is 0 Å². The molecule has 0 bridgehead atoms. The van der Waals surface area contributed by atoms with Crippen LogP contribution in [0.4, 0.5) is 4.79 Å². The van der Waals surface area contributed by atoms with E-state index in [0.717, 1.165) is 0 Å². The Bertz CT molecular complexity index is 261. The van der Waals surface area contributed by atoms with Crippen LogP contribution in [-0.4, -0.2) is 35.4 Å². The lowest BCUT2D eigenvalue weighted by atomic mass is 10.1. The van der Waals surface area contributed by atoms with Crippen molar-refractivity contribution in [3.63, 3.8) is 0 Å². The third-order valence-electron chi connectivity index (χ3n) is 1.93. The highest BCUT2D eigenvalue weighted by molar-refractivity contribution is 5.72. The molecule has 4 N–H and O–H groups in total. The highest BCUT2D eigenvalue weighted by atomic mass is 16.6. The first-order valence-electron chi connectivity index (χ1n) is 5.67. The van der Waals surface area contributed by atoms with E-state index in [1.807, 2.05) is 0 Å². The van der Waals surface area contributed by atoms with E-state index in [0.29, 0.717) is 25.8 Å². The Morgan fingerprint density at radius 1 is 1.35 bits per heavy atom. The van der Waals surface area contributed by atoms with Crippen LogP contribution in [0.3, 0.4) is 0 Å². The molecule has 6 nitrogen and oxygen atoms in total. The first-order valence-corrected chi connectivity index (χ1v) is 5.67. The van der Waals surface area contributed by atoms with Gasteiger partial charge in [-0.3, -0.25) is 4.79 Å². The van der Waals surface area contributed by atoms with Gasteiger partial charge in [0.1, 0.15) is 11.6 Å². The number of hydrogen-bond donors (Lipinski definition) is 3. The van der Waals surface area contributed by atoms with Crippen molar-refractivity contribution < 1.29 is 19.4 Å². The molecule has 0 rings (SSSR count). The first-order chi connectivity index (χ1) is 7.72. The van der Waals surface area contributed by atoms with Gasteiger partial charge in [0.15, 0.2) is 0 Å². The molecule has 0 heterocycles. The molecule has 17 heavy (non-hydrogen) atoms. The van der Waals surface area contributed by atoms with Gasteiger partial charge < -0.3 is 20.9 Å². The number of hydrogen-bond acceptors (Lipinski definition) is 4. The molecule has 0 fully saturated rings. The van der Waals surface area contributed by atoms with Crippen molar-refractivity contribution in [2.75, 3.05) is 6.54 Å². The Balaban J connectivity index is 3.52. The fraction of sp³-hybridized carbons (Fsp3) is 0.818. The minimum absolute atomic E-state index is 0.408. The van der Waals surface area contributed by atoms with Gasteiger partial charge in [-0.25, -0.2) is 4.79 Å². The maximum absolute atomic E-state index is 11.2. The zero-order valence-electron chi connectivity index (χ0n) is 10.7. The van der Waals surface area contributed by atoms with Crippen LogP contribution in [0.25, 0.3) is 0 Å². The number of carbonyl (C=O) groups is 2. The van der Waals surface area contributed by atoms with E-state index in [4.69, 9.17) is 15.6 Å². The van der Waals surface area contributed by atoms with Gasteiger partial charge in [-0.05, 0) is 40.0 Å². The maximum atomic E-state index is 11.2. The second-order valence-electron chi connectivity index (χ2n) is 4.87. The van der Waals surface area contributed by atoms with Crippen molar-refractivity contribution in [3.8, 4) is 0 Å². The number of carboxylic acid groups (broad SMARTS) is 1. The largest absolute Gasteiger partial charge is 0.480 e. The van der Waals surface area contributed by atoms with E-state index in [9.17, 15) is 9.59 Å². The summed E-state index contributed by atoms with van der Waals surface area (Å²) in [6.45, 7) is 5.83. The summed E-state index contributed by atoms with van der Waals surface area (Å²) in [6, 6.07) is -0.823. The molecule has 0 saturated carbocycles. The van der Waals surface area contributed by atoms with Crippen molar-refractivity contribution in [3.05, 3.63) is 0 Å². The lowest BCUT2D eigenvalue weighted by Crippen LogP contribution is -2.33. The summed E-state index contributed by atoms with van der Waals surface area (Å²) >= 11 is 0. The molecule has 0 aliphatic carbocycles. The van der Waals surface area contributed by atoms with Crippen LogP contribution in [0.5, 0.6) is 0 Å². The average Bonchev–Trinajstić information content (AvgIpc) is 2.13. The topological polar surface area (TPSA) is 102 Å². The van der Waals surface area contributed by atoms with Crippen molar-refractivity contribution in [2.24, 2.45) is 5.73 Å². The smallest absolute Gasteiger partial charge is 0.407 e. The second-order valence-corrected chi connectivity index (χ2v) is 4.87. The fourth-order valence-corrected chi connectivity index (χ4v) is 1.12. The van der Waals surface area contributed by atoms with Crippen LogP contribution in [0.1, 0.15) is 40.0 Å². The molecular formula is C11H22N2O4. The number of unbranched alkanes of at least 4 members (excludes halogenated alkanes) is 1. The normalized spacial score (nSPS) is 12.9. The molecule has 0 radical (unpaired) electrons. The molecule has 6 heteroatoms. The van der Waals surface area contributed by atoms with Gasteiger partial charge in [0.2, 0.25) is 0 Å². The molecule has 100 valence electrons. The van der Waals surface area contributed by atoms with Gasteiger partial charge in [-0.1, -0.05) is 0 Å². The number of carboxylic acids is 1. The summed E-state index contributed by atoms with van der Waals surface area (Å²) in [5.41, 5.74) is 4.83. The lowest BCUT2D eigenvalue weighted by Gasteiger charge is -2.19. The Morgan fingerprint density at radius 3 is 2.41 bits per heavy atom. The van der Waals surface area contributed by atoms with Crippen molar-refractivity contribution in [1.29, 1.82) is 0 Å². The van der Waals surface area contributed by atoms with Gasteiger partial charge in [0.05, 0.1) is 0 Å². The summed E-state index contributed by atoms with van der Waals surface area (Å²) in [5, 5.41) is 11.1. The number of rotatable bonds is 6. The number of carbonyl (C=O) groups excluding carboxylic acids is 1. The number of nitrogens with one attached hydrogen (secondary N) is 1. The lowest BCUT2D eigenvalue weighted by molar-refractivity contribution is -0.138. The molecular weight excluding hydrogens is 224 g/mol. The molecule has 0 aromatic carbocycles. The Labute approximate surface area is 102 Å². The molecule has 0 aromatic heterocycles. The zero-order valence-corrected chi connectivity index (χ0v) is 10.7. The highest BCUT2D eigenvalue weighted by Gasteiger charge is 2.15. The van der Waals surface area contributed by atoms with Gasteiger partial charge in [-0.2, -0.15) is 0 Å². The molecule has 0 aliphatic rings. The molecule has 1 amide bonds. The first kappa shape index (κ1) is 15.7.